The van der Waals surface area contributed by atoms with Crippen LogP contribution >= 0.6 is 0 Å². The van der Waals surface area contributed by atoms with Gasteiger partial charge in [0, 0.05) is 23.7 Å². The molecule has 0 amide bonds. The number of hydrogen-bond donors (Lipinski definition) is 1. The summed E-state index contributed by atoms with van der Waals surface area (Å²) in [6.07, 6.45) is 3.31. The van der Waals surface area contributed by atoms with Gasteiger partial charge in [-0.2, -0.15) is 9.61 Å². The third-order valence-corrected chi connectivity index (χ3v) is 5.84. The van der Waals surface area contributed by atoms with E-state index in [1.165, 1.54) is 4.52 Å². The maximum atomic E-state index is 13.8. The molecule has 3 heterocycles. The lowest BCUT2D eigenvalue weighted by atomic mass is 10.0. The summed E-state index contributed by atoms with van der Waals surface area (Å²) in [5.74, 6) is 0. The second-order valence-electron chi connectivity index (χ2n) is 7.91. The minimum atomic E-state index is -0.177. The van der Waals surface area contributed by atoms with Crippen LogP contribution in [-0.4, -0.2) is 24.6 Å². The second kappa shape index (κ2) is 7.53. The van der Waals surface area contributed by atoms with Gasteiger partial charge in [0.15, 0.2) is 0 Å². The summed E-state index contributed by atoms with van der Waals surface area (Å²) in [4.78, 5) is 25.9. The second-order valence-corrected chi connectivity index (χ2v) is 7.91. The van der Waals surface area contributed by atoms with Crippen molar-refractivity contribution in [2.24, 2.45) is 0 Å². The van der Waals surface area contributed by atoms with Crippen molar-refractivity contribution in [3.05, 3.63) is 107 Å². The van der Waals surface area contributed by atoms with E-state index in [-0.39, 0.29) is 5.56 Å². The number of fused-ring (bicyclic) bond motifs is 2. The highest BCUT2D eigenvalue weighted by Crippen LogP contribution is 2.34. The number of aromatic nitrogens is 5. The van der Waals surface area contributed by atoms with Crippen molar-refractivity contribution < 1.29 is 0 Å². The summed E-state index contributed by atoms with van der Waals surface area (Å²) in [6, 6.07) is 25.6. The Balaban J connectivity index is 1.66. The van der Waals surface area contributed by atoms with Crippen LogP contribution in [0.2, 0.25) is 0 Å². The fraction of sp³-hybridized carbons (Fsp3) is 0.0370. The van der Waals surface area contributed by atoms with Gasteiger partial charge >= 0.3 is 0 Å². The normalized spacial score (nSPS) is 11.3. The molecule has 0 atom stereocenters. The van der Waals surface area contributed by atoms with Crippen LogP contribution < -0.4 is 5.56 Å². The van der Waals surface area contributed by atoms with Crippen molar-refractivity contribution in [1.29, 1.82) is 0 Å². The van der Waals surface area contributed by atoms with Crippen LogP contribution in [0.1, 0.15) is 5.69 Å². The molecular formula is C27H19N5O. The van der Waals surface area contributed by atoms with Crippen molar-refractivity contribution in [2.75, 3.05) is 0 Å². The maximum Gasteiger partial charge on any atom is 0.282 e. The standard InChI is InChI=1S/C27H19N5O/c1-17-23(20-12-13-21-22(16-20)29-15-14-28-21)27(33)32-26(30-17)24(18-8-4-2-5-9-18)25(31-32)19-10-6-3-7-11-19/h2-16,30H,1H3. The van der Waals surface area contributed by atoms with Crippen LogP contribution in [0.25, 0.3) is 50.2 Å². The van der Waals surface area contributed by atoms with Crippen LogP contribution in [0.15, 0.2) is 96.1 Å². The van der Waals surface area contributed by atoms with Gasteiger partial charge < -0.3 is 4.98 Å². The van der Waals surface area contributed by atoms with Gasteiger partial charge in [0.1, 0.15) is 11.3 Å². The molecule has 6 rings (SSSR count). The number of rotatable bonds is 3. The van der Waals surface area contributed by atoms with Crippen molar-refractivity contribution in [3.63, 3.8) is 0 Å². The molecule has 0 aliphatic rings. The largest absolute Gasteiger partial charge is 0.343 e. The van der Waals surface area contributed by atoms with E-state index in [1.54, 1.807) is 12.4 Å². The number of aryl methyl sites for hydroxylation is 1. The van der Waals surface area contributed by atoms with Crippen LogP contribution in [0.5, 0.6) is 0 Å². The maximum absolute atomic E-state index is 13.8. The lowest BCUT2D eigenvalue weighted by Gasteiger charge is -2.09. The Bertz CT molecular complexity index is 1690. The first-order valence-electron chi connectivity index (χ1n) is 10.7. The number of hydrogen-bond acceptors (Lipinski definition) is 4. The van der Waals surface area contributed by atoms with Crippen LogP contribution in [0, 0.1) is 6.92 Å². The average molecular weight is 429 g/mol. The van der Waals surface area contributed by atoms with E-state index in [2.05, 4.69) is 15.0 Å². The quantitative estimate of drug-likeness (QED) is 0.416. The monoisotopic (exact) mass is 429 g/mol. The highest BCUT2D eigenvalue weighted by atomic mass is 16.1. The molecule has 6 heteroatoms. The summed E-state index contributed by atoms with van der Waals surface area (Å²) in [6.45, 7) is 1.92. The molecule has 0 aliphatic heterocycles. The van der Waals surface area contributed by atoms with Crippen LogP contribution in [0.4, 0.5) is 0 Å². The summed E-state index contributed by atoms with van der Waals surface area (Å²) in [7, 11) is 0. The number of nitrogens with zero attached hydrogens (tertiary/aromatic N) is 4. The van der Waals surface area contributed by atoms with Crippen molar-refractivity contribution in [1.82, 2.24) is 24.6 Å². The van der Waals surface area contributed by atoms with Crippen molar-refractivity contribution in [3.8, 4) is 33.5 Å². The van der Waals surface area contributed by atoms with E-state index < -0.39 is 0 Å². The summed E-state index contributed by atoms with van der Waals surface area (Å²) in [5.41, 5.74) is 7.75. The first-order chi connectivity index (χ1) is 16.2. The molecule has 0 radical (unpaired) electrons. The Labute approximate surface area is 189 Å². The number of H-pyrrole nitrogens is 1. The Hall–Kier alpha value is -4.58. The molecule has 0 aliphatic carbocycles. The molecule has 0 saturated heterocycles. The summed E-state index contributed by atoms with van der Waals surface area (Å²) < 4.78 is 1.48. The first kappa shape index (κ1) is 19.1. The molecule has 3 aromatic carbocycles. The summed E-state index contributed by atoms with van der Waals surface area (Å²) >= 11 is 0. The van der Waals surface area contributed by atoms with E-state index in [9.17, 15) is 4.79 Å². The third kappa shape index (κ3) is 3.11. The Morgan fingerprint density at radius 1 is 0.727 bits per heavy atom. The molecule has 1 N–H and O–H groups in total. The van der Waals surface area contributed by atoms with Gasteiger partial charge in [0.2, 0.25) is 0 Å². The first-order valence-corrected chi connectivity index (χ1v) is 10.7. The predicted molar refractivity (Wildman–Crippen MR) is 130 cm³/mol. The van der Waals surface area contributed by atoms with Crippen molar-refractivity contribution in [2.45, 2.75) is 6.92 Å². The lowest BCUT2D eigenvalue weighted by Crippen LogP contribution is -2.19. The summed E-state index contributed by atoms with van der Waals surface area (Å²) in [5, 5.41) is 4.79. The van der Waals surface area contributed by atoms with Crippen LogP contribution in [-0.2, 0) is 0 Å². The third-order valence-electron chi connectivity index (χ3n) is 5.84. The Morgan fingerprint density at radius 2 is 1.39 bits per heavy atom. The van der Waals surface area contributed by atoms with Gasteiger partial charge in [-0.3, -0.25) is 14.8 Å². The van der Waals surface area contributed by atoms with E-state index >= 15 is 0 Å². The zero-order chi connectivity index (χ0) is 22.4. The highest BCUT2D eigenvalue weighted by Gasteiger charge is 2.21. The number of benzene rings is 3. The smallest absolute Gasteiger partial charge is 0.282 e. The minimum absolute atomic E-state index is 0.177. The fourth-order valence-electron chi connectivity index (χ4n) is 4.32. The minimum Gasteiger partial charge on any atom is -0.343 e. The molecule has 6 aromatic rings. The number of nitrogens with one attached hydrogen (secondary N) is 1. The molecular weight excluding hydrogens is 410 g/mol. The van der Waals surface area contributed by atoms with Gasteiger partial charge in [0.05, 0.1) is 22.2 Å². The highest BCUT2D eigenvalue weighted by molar-refractivity contribution is 5.91. The van der Waals surface area contributed by atoms with Crippen molar-refractivity contribution >= 4 is 16.7 Å². The molecule has 3 aromatic heterocycles. The van der Waals surface area contributed by atoms with Gasteiger partial charge in [-0.15, -0.1) is 0 Å². The van der Waals surface area contributed by atoms with Crippen LogP contribution in [0.3, 0.4) is 0 Å². The van der Waals surface area contributed by atoms with Gasteiger partial charge in [0.25, 0.3) is 5.56 Å². The van der Waals surface area contributed by atoms with E-state index in [0.717, 1.165) is 44.7 Å². The topological polar surface area (TPSA) is 75.9 Å². The molecule has 6 nitrogen and oxygen atoms in total. The van der Waals surface area contributed by atoms with Gasteiger partial charge in [-0.1, -0.05) is 66.7 Å². The Kier molecular flexibility index (Phi) is 4.36. The zero-order valence-electron chi connectivity index (χ0n) is 17.9. The molecule has 33 heavy (non-hydrogen) atoms. The molecule has 0 fully saturated rings. The molecule has 0 saturated carbocycles. The zero-order valence-corrected chi connectivity index (χ0v) is 17.9. The van der Waals surface area contributed by atoms with Gasteiger partial charge in [-0.05, 0) is 30.2 Å². The molecule has 0 bridgehead atoms. The van der Waals surface area contributed by atoms with E-state index in [1.807, 2.05) is 85.8 Å². The molecule has 158 valence electrons. The SMILES string of the molecule is Cc1[nH]c2c(-c3ccccc3)c(-c3ccccc3)nn2c(=O)c1-c1ccc2nccnc2c1. The Morgan fingerprint density at radius 3 is 2.12 bits per heavy atom. The predicted octanol–water partition coefficient (Wildman–Crippen LogP) is 5.28. The van der Waals surface area contributed by atoms with E-state index in [4.69, 9.17) is 5.10 Å². The van der Waals surface area contributed by atoms with E-state index in [0.29, 0.717) is 11.2 Å². The molecule has 0 unspecified atom stereocenters. The fourth-order valence-corrected chi connectivity index (χ4v) is 4.32. The lowest BCUT2D eigenvalue weighted by molar-refractivity contribution is 0.897. The molecule has 0 spiro atoms. The number of aromatic amines is 1. The van der Waals surface area contributed by atoms with Gasteiger partial charge in [-0.25, -0.2) is 0 Å². The average Bonchev–Trinajstić information content (AvgIpc) is 3.24.